The monoisotopic (exact) mass is 242 g/mol. The number of hydrogen-bond donors (Lipinski definition) is 4. The van der Waals surface area contributed by atoms with Crippen molar-refractivity contribution in [2.24, 2.45) is 11.5 Å². The Hall–Kier alpha value is -1.63. The van der Waals surface area contributed by atoms with Gasteiger partial charge in [-0.3, -0.25) is 14.4 Å². The lowest BCUT2D eigenvalue weighted by Gasteiger charge is -2.29. The number of primary amides is 1. The van der Waals surface area contributed by atoms with Crippen molar-refractivity contribution in [3.63, 3.8) is 0 Å². The molecule has 7 nitrogen and oxygen atoms in total. The van der Waals surface area contributed by atoms with E-state index in [1.54, 1.807) is 0 Å². The smallest absolute Gasteiger partial charge is 0.243 e. The van der Waals surface area contributed by atoms with Crippen molar-refractivity contribution >= 4 is 17.7 Å². The van der Waals surface area contributed by atoms with Gasteiger partial charge in [0.1, 0.15) is 12.1 Å². The fourth-order valence-corrected chi connectivity index (χ4v) is 1.72. The molecule has 1 fully saturated rings. The van der Waals surface area contributed by atoms with E-state index in [1.165, 1.54) is 0 Å². The summed E-state index contributed by atoms with van der Waals surface area (Å²) in [7, 11) is 0. The second kappa shape index (κ2) is 6.19. The third-order valence-corrected chi connectivity index (χ3v) is 2.62. The van der Waals surface area contributed by atoms with Gasteiger partial charge in [0.2, 0.25) is 17.7 Å². The van der Waals surface area contributed by atoms with Gasteiger partial charge in [-0.05, 0) is 25.8 Å². The van der Waals surface area contributed by atoms with E-state index in [2.05, 4.69) is 10.6 Å². The van der Waals surface area contributed by atoms with Gasteiger partial charge in [0.25, 0.3) is 0 Å². The van der Waals surface area contributed by atoms with Gasteiger partial charge in [-0.1, -0.05) is 0 Å². The summed E-state index contributed by atoms with van der Waals surface area (Å²) in [5.74, 6) is -1.25. The number of carbonyl (C=O) groups is 3. The lowest BCUT2D eigenvalue weighted by molar-refractivity contribution is -0.138. The second-order valence-corrected chi connectivity index (χ2v) is 4.08. The van der Waals surface area contributed by atoms with E-state index in [0.29, 0.717) is 13.0 Å². The Balaban J connectivity index is 2.46. The summed E-state index contributed by atoms with van der Waals surface area (Å²) in [6, 6.07) is -1.37. The van der Waals surface area contributed by atoms with Crippen LogP contribution in [0.5, 0.6) is 0 Å². The van der Waals surface area contributed by atoms with Crippen LogP contribution in [0, 0.1) is 0 Å². The molecular weight excluding hydrogens is 224 g/mol. The molecule has 0 bridgehead atoms. The number of carbonyl (C=O) groups excluding carboxylic acids is 3. The number of amides is 3. The molecule has 1 aliphatic rings. The quantitative estimate of drug-likeness (QED) is 0.401. The zero-order chi connectivity index (χ0) is 12.8. The maximum Gasteiger partial charge on any atom is 0.243 e. The maximum absolute atomic E-state index is 11.6. The predicted octanol–water partition coefficient (Wildman–Crippen LogP) is -2.03. The fourth-order valence-electron chi connectivity index (χ4n) is 1.72. The molecule has 0 aromatic rings. The van der Waals surface area contributed by atoms with E-state index in [0.717, 1.165) is 12.8 Å². The Labute approximate surface area is 99.3 Å². The first-order valence-corrected chi connectivity index (χ1v) is 5.63. The normalized spacial score (nSPS) is 24.1. The number of nitrogens with two attached hydrogens (primary N) is 2. The first-order valence-electron chi connectivity index (χ1n) is 5.63. The third kappa shape index (κ3) is 4.03. The van der Waals surface area contributed by atoms with Crippen molar-refractivity contribution < 1.29 is 14.4 Å². The van der Waals surface area contributed by atoms with Crippen molar-refractivity contribution in [2.45, 2.75) is 37.8 Å². The highest BCUT2D eigenvalue weighted by Crippen LogP contribution is 2.07. The molecule has 0 aliphatic carbocycles. The molecule has 3 amide bonds. The van der Waals surface area contributed by atoms with Crippen LogP contribution in [-0.2, 0) is 14.4 Å². The molecule has 0 aromatic carbocycles. The van der Waals surface area contributed by atoms with Gasteiger partial charge in [0, 0.05) is 0 Å². The number of rotatable bonds is 6. The minimum absolute atomic E-state index is 0.174. The molecule has 0 spiro atoms. The van der Waals surface area contributed by atoms with Crippen molar-refractivity contribution in [1.29, 1.82) is 0 Å². The molecule has 0 aromatic heterocycles. The largest absolute Gasteiger partial charge is 0.370 e. The van der Waals surface area contributed by atoms with Crippen LogP contribution >= 0.6 is 0 Å². The Morgan fingerprint density at radius 3 is 2.29 bits per heavy atom. The maximum atomic E-state index is 11.6. The van der Waals surface area contributed by atoms with Crippen LogP contribution in [0.2, 0.25) is 0 Å². The topological polar surface area (TPSA) is 127 Å². The van der Waals surface area contributed by atoms with E-state index in [9.17, 15) is 14.4 Å². The van der Waals surface area contributed by atoms with Gasteiger partial charge >= 0.3 is 0 Å². The lowest BCUT2D eigenvalue weighted by atomic mass is 10.0. The molecular formula is C10H18N4O3. The van der Waals surface area contributed by atoms with Crippen LogP contribution < -0.4 is 22.1 Å². The first kappa shape index (κ1) is 13.4. The van der Waals surface area contributed by atoms with Gasteiger partial charge in [-0.2, -0.15) is 0 Å². The Morgan fingerprint density at radius 1 is 1.12 bits per heavy atom. The van der Waals surface area contributed by atoms with E-state index in [4.69, 9.17) is 11.5 Å². The summed E-state index contributed by atoms with van der Waals surface area (Å²) in [4.78, 5) is 33.9. The number of piperazine rings is 1. The van der Waals surface area contributed by atoms with Gasteiger partial charge in [0.05, 0.1) is 6.42 Å². The minimum atomic E-state index is -0.842. The van der Waals surface area contributed by atoms with E-state index in [-0.39, 0.29) is 18.2 Å². The van der Waals surface area contributed by atoms with Crippen LogP contribution in [-0.4, -0.2) is 36.3 Å². The third-order valence-electron chi connectivity index (χ3n) is 2.62. The molecule has 1 aliphatic heterocycles. The van der Waals surface area contributed by atoms with Gasteiger partial charge < -0.3 is 22.1 Å². The zero-order valence-corrected chi connectivity index (χ0v) is 9.57. The standard InChI is InChI=1S/C10H18N4O3/c11-4-2-1-3-6-9(16)14-7(5-8(12)15)10(17)13-6/h6-7H,1-5,11H2,(H2,12,15)(H,13,17)(H,14,16)/t6-,7-/m0/s1. The van der Waals surface area contributed by atoms with Crippen molar-refractivity contribution in [3.05, 3.63) is 0 Å². The molecule has 1 heterocycles. The number of hydrogen-bond acceptors (Lipinski definition) is 4. The zero-order valence-electron chi connectivity index (χ0n) is 9.57. The highest BCUT2D eigenvalue weighted by molar-refractivity contribution is 5.98. The summed E-state index contributed by atoms with van der Waals surface area (Å²) in [6.07, 6.45) is 1.96. The molecule has 1 saturated heterocycles. The van der Waals surface area contributed by atoms with Crippen molar-refractivity contribution in [2.75, 3.05) is 6.54 Å². The van der Waals surface area contributed by atoms with Gasteiger partial charge in [-0.15, -0.1) is 0 Å². The number of nitrogens with one attached hydrogen (secondary N) is 2. The number of unbranched alkanes of at least 4 members (excludes halogenated alkanes) is 1. The first-order chi connectivity index (χ1) is 8.04. The molecule has 0 unspecified atom stereocenters. The molecule has 6 N–H and O–H groups in total. The van der Waals surface area contributed by atoms with Crippen LogP contribution in [0.25, 0.3) is 0 Å². The second-order valence-electron chi connectivity index (χ2n) is 4.08. The molecule has 2 atom stereocenters. The van der Waals surface area contributed by atoms with Crippen molar-refractivity contribution in [1.82, 2.24) is 10.6 Å². The molecule has 7 heteroatoms. The van der Waals surface area contributed by atoms with Crippen molar-refractivity contribution in [3.8, 4) is 0 Å². The molecule has 96 valence electrons. The highest BCUT2D eigenvalue weighted by Gasteiger charge is 2.33. The Kier molecular flexibility index (Phi) is 4.89. The average molecular weight is 242 g/mol. The summed E-state index contributed by atoms with van der Waals surface area (Å²) in [5.41, 5.74) is 10.3. The summed E-state index contributed by atoms with van der Waals surface area (Å²) in [6.45, 7) is 0.562. The fraction of sp³-hybridized carbons (Fsp3) is 0.700. The molecule has 0 saturated carbocycles. The van der Waals surface area contributed by atoms with Gasteiger partial charge in [-0.25, -0.2) is 0 Å². The van der Waals surface area contributed by atoms with Crippen LogP contribution in [0.15, 0.2) is 0 Å². The van der Waals surface area contributed by atoms with Crippen LogP contribution in [0.3, 0.4) is 0 Å². The lowest BCUT2D eigenvalue weighted by Crippen LogP contribution is -2.62. The summed E-state index contributed by atoms with van der Waals surface area (Å²) in [5, 5.41) is 5.07. The predicted molar refractivity (Wildman–Crippen MR) is 60.6 cm³/mol. The summed E-state index contributed by atoms with van der Waals surface area (Å²) >= 11 is 0. The van der Waals surface area contributed by atoms with E-state index >= 15 is 0 Å². The average Bonchev–Trinajstić information content (AvgIpc) is 2.24. The van der Waals surface area contributed by atoms with Crippen LogP contribution in [0.4, 0.5) is 0 Å². The molecule has 0 radical (unpaired) electrons. The molecule has 1 rings (SSSR count). The Morgan fingerprint density at radius 2 is 1.71 bits per heavy atom. The Bertz CT molecular complexity index is 319. The van der Waals surface area contributed by atoms with E-state index < -0.39 is 18.0 Å². The van der Waals surface area contributed by atoms with Crippen LogP contribution in [0.1, 0.15) is 25.7 Å². The molecule has 17 heavy (non-hydrogen) atoms. The van der Waals surface area contributed by atoms with Gasteiger partial charge in [0.15, 0.2) is 0 Å². The minimum Gasteiger partial charge on any atom is -0.370 e. The van der Waals surface area contributed by atoms with E-state index in [1.807, 2.05) is 0 Å². The summed E-state index contributed by atoms with van der Waals surface area (Å²) < 4.78 is 0. The SMILES string of the molecule is NCCCC[C@@H]1NC(=O)[C@H](CC(N)=O)NC1=O. The highest BCUT2D eigenvalue weighted by atomic mass is 16.2.